The zero-order valence-electron chi connectivity index (χ0n) is 19.2. The first-order chi connectivity index (χ1) is 15.0. The van der Waals surface area contributed by atoms with Crippen LogP contribution < -0.4 is 5.32 Å². The number of ether oxygens (including phenoxy) is 1. The van der Waals surface area contributed by atoms with Crippen LogP contribution in [-0.4, -0.2) is 71.4 Å². The summed E-state index contributed by atoms with van der Waals surface area (Å²) in [6.45, 7) is 8.41. The molecule has 0 radical (unpaired) electrons. The summed E-state index contributed by atoms with van der Waals surface area (Å²) < 4.78 is 11.0. The topological polar surface area (TPSA) is 97.6 Å². The molecule has 8 nitrogen and oxygen atoms in total. The fourth-order valence-electron chi connectivity index (χ4n) is 4.14. The van der Waals surface area contributed by atoms with E-state index in [4.69, 9.17) is 9.15 Å². The zero-order chi connectivity index (χ0) is 22.1. The summed E-state index contributed by atoms with van der Waals surface area (Å²) in [4.78, 5) is 28.2. The number of aromatic nitrogens is 2. The molecule has 1 aromatic heterocycles. The summed E-state index contributed by atoms with van der Waals surface area (Å²) in [5.74, 6) is 0.751. The van der Waals surface area contributed by atoms with Gasteiger partial charge in [-0.25, -0.2) is 0 Å². The Morgan fingerprint density at radius 3 is 2.47 bits per heavy atom. The lowest BCUT2D eigenvalue weighted by Gasteiger charge is -2.25. The molecular weight excluding hydrogens is 452 g/mol. The number of amides is 1. The molecule has 182 valence electrons. The molecule has 32 heavy (non-hydrogen) atoms. The highest BCUT2D eigenvalue weighted by Gasteiger charge is 2.30. The second-order valence-electron chi connectivity index (χ2n) is 8.92. The molecule has 2 fully saturated rings. The van der Waals surface area contributed by atoms with Crippen LogP contribution >= 0.6 is 24.2 Å². The average Bonchev–Trinajstić information content (AvgIpc) is 3.05. The van der Waals surface area contributed by atoms with E-state index in [9.17, 15) is 9.59 Å². The number of hydrogen-bond donors (Lipinski definition) is 1. The third-order valence-corrected chi connectivity index (χ3v) is 6.72. The van der Waals surface area contributed by atoms with E-state index < -0.39 is 6.04 Å². The fraction of sp³-hybridized carbons (Fsp3) is 0.818. The molecule has 1 N–H and O–H groups in total. The molecular formula is C22H37ClN4O4S. The van der Waals surface area contributed by atoms with Crippen molar-refractivity contribution in [2.75, 3.05) is 38.6 Å². The van der Waals surface area contributed by atoms with Crippen molar-refractivity contribution in [1.29, 1.82) is 0 Å². The molecule has 0 aromatic carbocycles. The monoisotopic (exact) mass is 488 g/mol. The Balaban J connectivity index is 0.00000363. The summed E-state index contributed by atoms with van der Waals surface area (Å²) in [7, 11) is 0. The SMILES string of the molecule is CC(C)C[C@H](NC(=O)C1CCCCCC1)C(=O)c1nnc(SCCN2CCOCC2)o1.Cl. The number of carbonyl (C=O) groups excluding carboxylic acids is 2. The van der Waals surface area contributed by atoms with Gasteiger partial charge >= 0.3 is 0 Å². The minimum Gasteiger partial charge on any atom is -0.408 e. The maximum Gasteiger partial charge on any atom is 0.286 e. The molecule has 1 aliphatic heterocycles. The van der Waals surface area contributed by atoms with Crippen molar-refractivity contribution in [2.45, 2.75) is 70.1 Å². The first-order valence-corrected chi connectivity index (χ1v) is 12.6. The standard InChI is InChI=1S/C22H36N4O4S.ClH/c1-16(2)15-18(23-20(28)17-7-5-3-4-6-8-17)19(27)21-24-25-22(30-21)31-14-11-26-9-12-29-13-10-26;/h16-18H,3-15H2,1-2H3,(H,23,28);1H/t18-;/m0./s1. The summed E-state index contributed by atoms with van der Waals surface area (Å²) in [5.41, 5.74) is 0. The highest BCUT2D eigenvalue weighted by Crippen LogP contribution is 2.24. The Morgan fingerprint density at radius 2 is 1.81 bits per heavy atom. The number of halogens is 1. The van der Waals surface area contributed by atoms with E-state index in [2.05, 4.69) is 20.4 Å². The molecule has 1 amide bonds. The van der Waals surface area contributed by atoms with Crippen LogP contribution in [0.5, 0.6) is 0 Å². The number of nitrogens with zero attached hydrogens (tertiary/aromatic N) is 3. The lowest BCUT2D eigenvalue weighted by molar-refractivity contribution is -0.126. The third-order valence-electron chi connectivity index (χ3n) is 5.92. The van der Waals surface area contributed by atoms with Gasteiger partial charge in [0.25, 0.3) is 11.1 Å². The fourth-order valence-corrected chi connectivity index (χ4v) is 4.90. The number of nitrogens with one attached hydrogen (secondary N) is 1. The van der Waals surface area contributed by atoms with Gasteiger partial charge in [0.1, 0.15) is 0 Å². The van der Waals surface area contributed by atoms with Crippen molar-refractivity contribution in [3.63, 3.8) is 0 Å². The first-order valence-electron chi connectivity index (χ1n) is 11.6. The quantitative estimate of drug-likeness (QED) is 0.303. The highest BCUT2D eigenvalue weighted by atomic mass is 35.5. The van der Waals surface area contributed by atoms with Crippen LogP contribution in [-0.2, 0) is 9.53 Å². The third kappa shape index (κ3) is 8.65. The molecule has 2 aliphatic rings. The number of hydrogen-bond acceptors (Lipinski definition) is 8. The molecule has 3 rings (SSSR count). The minimum absolute atomic E-state index is 0. The number of carbonyl (C=O) groups is 2. The van der Waals surface area contributed by atoms with Gasteiger partial charge in [-0.3, -0.25) is 14.5 Å². The van der Waals surface area contributed by atoms with E-state index in [0.717, 1.165) is 64.3 Å². The zero-order valence-corrected chi connectivity index (χ0v) is 20.8. The van der Waals surface area contributed by atoms with Gasteiger partial charge in [-0.15, -0.1) is 22.6 Å². The van der Waals surface area contributed by atoms with Crippen LogP contribution in [0.1, 0.15) is 69.5 Å². The number of rotatable bonds is 10. The van der Waals surface area contributed by atoms with Gasteiger partial charge in [0.2, 0.25) is 11.7 Å². The largest absolute Gasteiger partial charge is 0.408 e. The van der Waals surface area contributed by atoms with Crippen LogP contribution in [0.2, 0.25) is 0 Å². The lowest BCUT2D eigenvalue weighted by atomic mass is 9.96. The molecule has 0 spiro atoms. The van der Waals surface area contributed by atoms with E-state index in [-0.39, 0.29) is 41.8 Å². The van der Waals surface area contributed by atoms with E-state index in [1.165, 1.54) is 24.6 Å². The second kappa shape index (κ2) is 14.2. The molecule has 1 saturated carbocycles. The Morgan fingerprint density at radius 1 is 1.12 bits per heavy atom. The van der Waals surface area contributed by atoms with Gasteiger partial charge in [-0.05, 0) is 25.2 Å². The minimum atomic E-state index is -0.623. The summed E-state index contributed by atoms with van der Waals surface area (Å²) in [5, 5.41) is 11.4. The van der Waals surface area contributed by atoms with Gasteiger partial charge < -0.3 is 14.5 Å². The van der Waals surface area contributed by atoms with Crippen LogP contribution in [0.25, 0.3) is 0 Å². The van der Waals surface area contributed by atoms with Crippen molar-refractivity contribution in [3.8, 4) is 0 Å². The van der Waals surface area contributed by atoms with Crippen molar-refractivity contribution in [3.05, 3.63) is 5.89 Å². The molecule has 1 aliphatic carbocycles. The predicted octanol–water partition coefficient (Wildman–Crippen LogP) is 3.60. The number of Topliss-reactive ketones (excluding diaryl/α,β-unsaturated/α-hetero) is 1. The van der Waals surface area contributed by atoms with E-state index in [0.29, 0.717) is 11.6 Å². The van der Waals surface area contributed by atoms with Crippen LogP contribution in [0.4, 0.5) is 0 Å². The maximum absolute atomic E-state index is 13.1. The Bertz CT molecular complexity index is 704. The van der Waals surface area contributed by atoms with Crippen LogP contribution in [0.15, 0.2) is 9.64 Å². The van der Waals surface area contributed by atoms with E-state index in [1.54, 1.807) is 0 Å². The average molecular weight is 489 g/mol. The van der Waals surface area contributed by atoms with Crippen LogP contribution in [0, 0.1) is 11.8 Å². The Labute approximate surface area is 201 Å². The van der Waals surface area contributed by atoms with Gasteiger partial charge in [-0.2, -0.15) is 0 Å². The highest BCUT2D eigenvalue weighted by molar-refractivity contribution is 7.99. The van der Waals surface area contributed by atoms with Crippen molar-refractivity contribution in [1.82, 2.24) is 20.4 Å². The van der Waals surface area contributed by atoms with E-state index >= 15 is 0 Å². The van der Waals surface area contributed by atoms with Crippen molar-refractivity contribution < 1.29 is 18.7 Å². The Hall–Kier alpha value is -1.16. The van der Waals surface area contributed by atoms with Gasteiger partial charge in [-0.1, -0.05) is 51.3 Å². The summed E-state index contributed by atoms with van der Waals surface area (Å²) in [6, 6.07) is -0.623. The molecule has 1 saturated heterocycles. The first kappa shape index (κ1) is 27.1. The van der Waals surface area contributed by atoms with Gasteiger partial charge in [0, 0.05) is 31.3 Å². The number of ketones is 1. The Kier molecular flexibility index (Phi) is 12.0. The number of thioether (sulfide) groups is 1. The number of morpholine rings is 1. The maximum atomic E-state index is 13.1. The van der Waals surface area contributed by atoms with E-state index in [1.807, 2.05) is 13.8 Å². The predicted molar refractivity (Wildman–Crippen MR) is 126 cm³/mol. The van der Waals surface area contributed by atoms with Crippen LogP contribution in [0.3, 0.4) is 0 Å². The summed E-state index contributed by atoms with van der Waals surface area (Å²) >= 11 is 1.45. The normalized spacial score (nSPS) is 19.2. The molecule has 10 heteroatoms. The lowest BCUT2D eigenvalue weighted by Crippen LogP contribution is -2.44. The molecule has 0 unspecified atom stereocenters. The second-order valence-corrected chi connectivity index (χ2v) is 9.97. The summed E-state index contributed by atoms with van der Waals surface area (Å²) in [6.07, 6.45) is 6.89. The molecule has 0 bridgehead atoms. The van der Waals surface area contributed by atoms with Crippen molar-refractivity contribution >= 4 is 35.9 Å². The molecule has 2 heterocycles. The smallest absolute Gasteiger partial charge is 0.286 e. The van der Waals surface area contributed by atoms with Crippen molar-refractivity contribution in [2.24, 2.45) is 11.8 Å². The molecule has 1 aromatic rings. The molecule has 1 atom stereocenters. The van der Waals surface area contributed by atoms with Gasteiger partial charge in [0.15, 0.2) is 0 Å². The van der Waals surface area contributed by atoms with Gasteiger partial charge in [0.05, 0.1) is 19.3 Å².